The minimum atomic E-state index is -0.256. The quantitative estimate of drug-likeness (QED) is 0.710. The van der Waals surface area contributed by atoms with Gasteiger partial charge in [-0.25, -0.2) is 4.39 Å². The average Bonchev–Trinajstić information content (AvgIpc) is 2.54. The van der Waals surface area contributed by atoms with Crippen molar-refractivity contribution in [2.45, 2.75) is 6.61 Å². The van der Waals surface area contributed by atoms with Crippen molar-refractivity contribution in [2.24, 2.45) is 0 Å². The van der Waals surface area contributed by atoms with Crippen molar-refractivity contribution >= 4 is 5.69 Å². The molecule has 0 amide bonds. The first-order valence-electron chi connectivity index (χ1n) is 7.04. The number of anilines is 1. The molecular formula is C19H16FNO. The maximum absolute atomic E-state index is 13.0. The SMILES string of the molecule is Nc1cc(OCc2ccccc2)cc(-c2ccc(F)cc2)c1. The van der Waals surface area contributed by atoms with Crippen LogP contribution in [0.5, 0.6) is 5.75 Å². The van der Waals surface area contributed by atoms with Crippen molar-refractivity contribution < 1.29 is 9.13 Å². The molecule has 2 nitrogen and oxygen atoms in total. The Kier molecular flexibility index (Phi) is 4.05. The van der Waals surface area contributed by atoms with Crippen LogP contribution in [0.1, 0.15) is 5.56 Å². The smallest absolute Gasteiger partial charge is 0.123 e. The zero-order valence-corrected chi connectivity index (χ0v) is 12.0. The van der Waals surface area contributed by atoms with E-state index in [2.05, 4.69) is 0 Å². The molecule has 22 heavy (non-hydrogen) atoms. The van der Waals surface area contributed by atoms with E-state index in [1.54, 1.807) is 18.2 Å². The summed E-state index contributed by atoms with van der Waals surface area (Å²) in [6, 6.07) is 21.8. The summed E-state index contributed by atoms with van der Waals surface area (Å²) in [5.41, 5.74) is 9.45. The number of rotatable bonds is 4. The molecule has 0 unspecified atom stereocenters. The first kappa shape index (κ1) is 14.1. The number of halogens is 1. The Morgan fingerprint density at radius 1 is 0.818 bits per heavy atom. The normalized spacial score (nSPS) is 10.4. The van der Waals surface area contributed by atoms with Gasteiger partial charge in [-0.15, -0.1) is 0 Å². The predicted molar refractivity (Wildman–Crippen MR) is 87.0 cm³/mol. The van der Waals surface area contributed by atoms with E-state index in [1.807, 2.05) is 42.5 Å². The summed E-state index contributed by atoms with van der Waals surface area (Å²) >= 11 is 0. The van der Waals surface area contributed by atoms with Gasteiger partial charge in [0, 0.05) is 11.8 Å². The Hall–Kier alpha value is -2.81. The molecule has 0 saturated heterocycles. The zero-order valence-electron chi connectivity index (χ0n) is 12.0. The maximum Gasteiger partial charge on any atom is 0.123 e. The van der Waals surface area contributed by atoms with Gasteiger partial charge in [-0.05, 0) is 41.0 Å². The van der Waals surface area contributed by atoms with Gasteiger partial charge in [-0.2, -0.15) is 0 Å². The zero-order chi connectivity index (χ0) is 15.4. The first-order chi connectivity index (χ1) is 10.7. The molecule has 2 N–H and O–H groups in total. The van der Waals surface area contributed by atoms with Gasteiger partial charge in [-0.1, -0.05) is 42.5 Å². The summed E-state index contributed by atoms with van der Waals surface area (Å²) < 4.78 is 18.8. The van der Waals surface area contributed by atoms with Crippen molar-refractivity contribution in [1.29, 1.82) is 0 Å². The molecular weight excluding hydrogens is 277 g/mol. The molecule has 0 atom stereocenters. The third-order valence-corrected chi connectivity index (χ3v) is 3.35. The number of benzene rings is 3. The Bertz CT molecular complexity index is 754. The minimum absolute atomic E-state index is 0.256. The van der Waals surface area contributed by atoms with Crippen LogP contribution in [0.25, 0.3) is 11.1 Å². The summed E-state index contributed by atoms with van der Waals surface area (Å²) in [6.07, 6.45) is 0. The molecule has 0 aliphatic carbocycles. The fourth-order valence-corrected chi connectivity index (χ4v) is 2.26. The molecule has 0 saturated carbocycles. The molecule has 0 aliphatic heterocycles. The van der Waals surface area contributed by atoms with Gasteiger partial charge in [0.1, 0.15) is 18.2 Å². The highest BCUT2D eigenvalue weighted by Gasteiger charge is 2.04. The van der Waals surface area contributed by atoms with Gasteiger partial charge in [0.15, 0.2) is 0 Å². The molecule has 110 valence electrons. The second-order valence-electron chi connectivity index (χ2n) is 5.07. The van der Waals surface area contributed by atoms with Crippen molar-refractivity contribution in [3.63, 3.8) is 0 Å². The van der Waals surface area contributed by atoms with Crippen LogP contribution in [0.3, 0.4) is 0 Å². The summed E-state index contributed by atoms with van der Waals surface area (Å²) in [5, 5.41) is 0. The van der Waals surface area contributed by atoms with E-state index in [0.717, 1.165) is 16.7 Å². The Morgan fingerprint density at radius 3 is 2.27 bits per heavy atom. The lowest BCUT2D eigenvalue weighted by Crippen LogP contribution is -1.96. The molecule has 0 heterocycles. The molecule has 0 aromatic heterocycles. The third-order valence-electron chi connectivity index (χ3n) is 3.35. The van der Waals surface area contributed by atoms with Crippen LogP contribution in [0.2, 0.25) is 0 Å². The van der Waals surface area contributed by atoms with Crippen LogP contribution < -0.4 is 10.5 Å². The second kappa shape index (κ2) is 6.31. The Labute approximate surface area is 129 Å². The van der Waals surface area contributed by atoms with Crippen LogP contribution >= 0.6 is 0 Å². The van der Waals surface area contributed by atoms with Crippen LogP contribution in [0.15, 0.2) is 72.8 Å². The largest absolute Gasteiger partial charge is 0.489 e. The number of ether oxygens (including phenoxy) is 1. The lowest BCUT2D eigenvalue weighted by molar-refractivity contribution is 0.306. The van der Waals surface area contributed by atoms with Crippen LogP contribution in [0, 0.1) is 5.82 Å². The van der Waals surface area contributed by atoms with Gasteiger partial charge in [-0.3, -0.25) is 0 Å². The number of nitrogens with two attached hydrogens (primary N) is 1. The predicted octanol–water partition coefficient (Wildman–Crippen LogP) is 4.65. The highest BCUT2D eigenvalue weighted by Crippen LogP contribution is 2.28. The highest BCUT2D eigenvalue weighted by molar-refractivity contribution is 5.69. The van der Waals surface area contributed by atoms with Crippen LogP contribution in [-0.4, -0.2) is 0 Å². The summed E-state index contributed by atoms with van der Waals surface area (Å²) in [4.78, 5) is 0. The molecule has 0 radical (unpaired) electrons. The fourth-order valence-electron chi connectivity index (χ4n) is 2.26. The fraction of sp³-hybridized carbons (Fsp3) is 0.0526. The van der Waals surface area contributed by atoms with Gasteiger partial charge in [0.25, 0.3) is 0 Å². The molecule has 0 bridgehead atoms. The third kappa shape index (κ3) is 3.44. The molecule has 3 aromatic rings. The van der Waals surface area contributed by atoms with Crippen molar-refractivity contribution in [1.82, 2.24) is 0 Å². The Balaban J connectivity index is 1.82. The lowest BCUT2D eigenvalue weighted by Gasteiger charge is -2.10. The molecule has 3 heteroatoms. The number of hydrogen-bond acceptors (Lipinski definition) is 2. The minimum Gasteiger partial charge on any atom is -0.489 e. The van der Waals surface area contributed by atoms with Crippen molar-refractivity contribution in [2.75, 3.05) is 5.73 Å². The van der Waals surface area contributed by atoms with Crippen LogP contribution in [-0.2, 0) is 6.61 Å². The second-order valence-corrected chi connectivity index (χ2v) is 5.07. The molecule has 0 aliphatic rings. The van der Waals surface area contributed by atoms with Crippen LogP contribution in [0.4, 0.5) is 10.1 Å². The lowest BCUT2D eigenvalue weighted by atomic mass is 10.0. The monoisotopic (exact) mass is 293 g/mol. The highest BCUT2D eigenvalue weighted by atomic mass is 19.1. The Morgan fingerprint density at radius 2 is 1.55 bits per heavy atom. The topological polar surface area (TPSA) is 35.2 Å². The van der Waals surface area contributed by atoms with E-state index in [4.69, 9.17) is 10.5 Å². The maximum atomic E-state index is 13.0. The number of hydrogen-bond donors (Lipinski definition) is 1. The van der Waals surface area contributed by atoms with E-state index < -0.39 is 0 Å². The molecule has 3 rings (SSSR count). The standard InChI is InChI=1S/C19H16FNO/c20-17-8-6-15(7-9-17)16-10-18(21)12-19(11-16)22-13-14-4-2-1-3-5-14/h1-12H,13,21H2. The van der Waals surface area contributed by atoms with Gasteiger partial charge in [0.2, 0.25) is 0 Å². The summed E-state index contributed by atoms with van der Waals surface area (Å²) in [7, 11) is 0. The van der Waals surface area contributed by atoms with E-state index in [-0.39, 0.29) is 5.82 Å². The van der Waals surface area contributed by atoms with Crippen molar-refractivity contribution in [3.05, 3.63) is 84.2 Å². The van der Waals surface area contributed by atoms with E-state index in [9.17, 15) is 4.39 Å². The molecule has 0 fully saturated rings. The van der Waals surface area contributed by atoms with Crippen molar-refractivity contribution in [3.8, 4) is 16.9 Å². The van der Waals surface area contributed by atoms with E-state index in [0.29, 0.717) is 18.0 Å². The summed E-state index contributed by atoms with van der Waals surface area (Å²) in [6.45, 7) is 0.479. The summed E-state index contributed by atoms with van der Waals surface area (Å²) in [5.74, 6) is 0.441. The van der Waals surface area contributed by atoms with E-state index in [1.165, 1.54) is 12.1 Å². The number of nitrogen functional groups attached to an aromatic ring is 1. The molecule has 3 aromatic carbocycles. The van der Waals surface area contributed by atoms with Gasteiger partial charge in [0.05, 0.1) is 0 Å². The van der Waals surface area contributed by atoms with Gasteiger partial charge >= 0.3 is 0 Å². The van der Waals surface area contributed by atoms with E-state index >= 15 is 0 Å². The van der Waals surface area contributed by atoms with Gasteiger partial charge < -0.3 is 10.5 Å². The first-order valence-corrected chi connectivity index (χ1v) is 7.04. The molecule has 0 spiro atoms. The average molecular weight is 293 g/mol.